The number of nitrogens with zero attached hydrogens (tertiary/aromatic N) is 2. The number of imidazole rings is 1. The van der Waals surface area contributed by atoms with E-state index in [1.807, 2.05) is 18.5 Å². The van der Waals surface area contributed by atoms with Gasteiger partial charge in [-0.25, -0.2) is 10.4 Å². The summed E-state index contributed by atoms with van der Waals surface area (Å²) in [7, 11) is 0. The number of aromatic amines is 1. The number of H-pyrrole nitrogens is 1. The molecule has 2 fully saturated rings. The van der Waals surface area contributed by atoms with E-state index in [9.17, 15) is 0 Å². The number of hydrogen-bond acceptors (Lipinski definition) is 7. The molecule has 5 N–H and O–H groups in total. The van der Waals surface area contributed by atoms with E-state index in [1.165, 1.54) is 5.56 Å². The van der Waals surface area contributed by atoms with E-state index in [2.05, 4.69) is 69.6 Å². The van der Waals surface area contributed by atoms with Crippen molar-refractivity contribution in [1.82, 2.24) is 31.1 Å². The van der Waals surface area contributed by atoms with Crippen LogP contribution in [0.1, 0.15) is 43.7 Å². The number of pyridine rings is 1. The molecule has 0 bridgehead atoms. The summed E-state index contributed by atoms with van der Waals surface area (Å²) < 4.78 is 5.30. The molecule has 4 unspecified atom stereocenters. The number of anilines is 1. The molecule has 4 aromatic rings. The molecule has 2 saturated heterocycles. The molecule has 0 radical (unpaired) electrons. The van der Waals surface area contributed by atoms with Gasteiger partial charge in [-0.3, -0.25) is 10.4 Å². The van der Waals surface area contributed by atoms with E-state index in [0.29, 0.717) is 18.0 Å². The Morgan fingerprint density at radius 1 is 1.15 bits per heavy atom. The molecule has 2 aliphatic rings. The van der Waals surface area contributed by atoms with Gasteiger partial charge in [-0.2, -0.15) is 0 Å². The highest BCUT2D eigenvalue weighted by Gasteiger charge is 2.42. The third-order valence-corrected chi connectivity index (χ3v) is 6.74. The molecule has 8 nitrogen and oxygen atoms in total. The number of fused-ring (bicyclic) bond motifs is 2. The lowest BCUT2D eigenvalue weighted by atomic mass is 9.82. The van der Waals surface area contributed by atoms with Crippen molar-refractivity contribution in [3.8, 4) is 11.1 Å². The van der Waals surface area contributed by atoms with Gasteiger partial charge in [-0.05, 0) is 44.0 Å². The molecule has 8 heteroatoms. The fourth-order valence-electron chi connectivity index (χ4n) is 5.21. The second-order valence-corrected chi connectivity index (χ2v) is 9.38. The van der Waals surface area contributed by atoms with Crippen molar-refractivity contribution in [2.75, 3.05) is 11.9 Å². The maximum atomic E-state index is 5.30. The first-order valence-corrected chi connectivity index (χ1v) is 11.6. The first-order chi connectivity index (χ1) is 16.2. The van der Waals surface area contributed by atoms with Crippen LogP contribution in [0.3, 0.4) is 0 Å². The zero-order valence-corrected chi connectivity index (χ0v) is 18.8. The van der Waals surface area contributed by atoms with E-state index in [1.54, 1.807) is 12.5 Å². The molecular formula is C25H29N7O. The van der Waals surface area contributed by atoms with Crippen LogP contribution in [-0.4, -0.2) is 33.6 Å². The molecular weight excluding hydrogens is 414 g/mol. The van der Waals surface area contributed by atoms with Gasteiger partial charge < -0.3 is 20.0 Å². The maximum absolute atomic E-state index is 5.30. The zero-order valence-electron chi connectivity index (χ0n) is 18.8. The van der Waals surface area contributed by atoms with Crippen LogP contribution in [-0.2, 0) is 0 Å². The zero-order chi connectivity index (χ0) is 22.4. The van der Waals surface area contributed by atoms with Crippen molar-refractivity contribution in [2.24, 2.45) is 5.92 Å². The van der Waals surface area contributed by atoms with E-state index < -0.39 is 0 Å². The average molecular weight is 444 g/mol. The minimum atomic E-state index is 0.106. The second kappa shape index (κ2) is 8.30. The van der Waals surface area contributed by atoms with Gasteiger partial charge in [0.05, 0.1) is 35.3 Å². The summed E-state index contributed by atoms with van der Waals surface area (Å²) in [6.07, 6.45) is 8.33. The van der Waals surface area contributed by atoms with Gasteiger partial charge in [0, 0.05) is 54.1 Å². The lowest BCUT2D eigenvalue weighted by molar-refractivity contribution is 0.263. The number of furan rings is 1. The van der Waals surface area contributed by atoms with E-state index >= 15 is 0 Å². The fourth-order valence-corrected chi connectivity index (χ4v) is 5.21. The molecule has 33 heavy (non-hydrogen) atoms. The highest BCUT2D eigenvalue weighted by Crippen LogP contribution is 2.39. The summed E-state index contributed by atoms with van der Waals surface area (Å²) in [5.74, 6) is 1.37. The number of piperidine rings is 1. The molecule has 0 amide bonds. The molecule has 1 aromatic carbocycles. The number of rotatable bonds is 5. The standard InChI is InChI=1S/C25H29N7O/c1-14(2)28-17-8-16(10-26-11-17)21-9-19-22(12-27-21)31-32-24(19)25-29-20-5-3-4-18(23(20)30-25)15-6-7-33-13-15/h3-8,10-11,13-14,19,21-22,24,27-28,31-32H,9,12H2,1-2H3,(H,29,30). The number of hydrazine groups is 1. The third kappa shape index (κ3) is 3.80. The van der Waals surface area contributed by atoms with Crippen LogP contribution in [0.15, 0.2) is 59.7 Å². The minimum Gasteiger partial charge on any atom is -0.472 e. The topological polar surface area (TPSA) is 103 Å². The van der Waals surface area contributed by atoms with Crippen LogP contribution < -0.4 is 21.5 Å². The predicted octanol–water partition coefficient (Wildman–Crippen LogP) is 3.91. The van der Waals surface area contributed by atoms with Crippen LogP contribution in [0.4, 0.5) is 5.69 Å². The summed E-state index contributed by atoms with van der Waals surface area (Å²) in [5, 5.41) is 7.16. The number of hydrogen-bond donors (Lipinski definition) is 5. The quantitative estimate of drug-likeness (QED) is 0.319. The number of para-hydroxylation sites is 1. The summed E-state index contributed by atoms with van der Waals surface area (Å²) in [6, 6.07) is 11.5. The van der Waals surface area contributed by atoms with Gasteiger partial charge in [-0.1, -0.05) is 12.1 Å². The van der Waals surface area contributed by atoms with Crippen LogP contribution in [0.5, 0.6) is 0 Å². The van der Waals surface area contributed by atoms with Crippen molar-refractivity contribution in [1.29, 1.82) is 0 Å². The summed E-state index contributed by atoms with van der Waals surface area (Å²) >= 11 is 0. The Bertz CT molecular complexity index is 1250. The van der Waals surface area contributed by atoms with Crippen molar-refractivity contribution < 1.29 is 4.42 Å². The molecule has 0 saturated carbocycles. The van der Waals surface area contributed by atoms with E-state index in [0.717, 1.165) is 46.6 Å². The first-order valence-electron chi connectivity index (χ1n) is 11.6. The monoisotopic (exact) mass is 443 g/mol. The lowest BCUT2D eigenvalue weighted by Gasteiger charge is -2.34. The average Bonchev–Trinajstić information content (AvgIpc) is 3.57. The molecule has 6 rings (SSSR count). The summed E-state index contributed by atoms with van der Waals surface area (Å²) in [5.41, 5.74) is 13.4. The van der Waals surface area contributed by atoms with Gasteiger partial charge in [0.2, 0.25) is 0 Å². The third-order valence-electron chi connectivity index (χ3n) is 6.74. The molecule has 5 heterocycles. The Labute approximate surface area is 192 Å². The SMILES string of the molecule is CC(C)Nc1cncc(C2CC3C(CN2)NNC3c2nc3c(-c4ccoc4)cccc3[nH]2)c1. The van der Waals surface area contributed by atoms with E-state index in [4.69, 9.17) is 9.40 Å². The molecule has 4 atom stereocenters. The molecule has 170 valence electrons. The van der Waals surface area contributed by atoms with Crippen LogP contribution in [0.25, 0.3) is 22.2 Å². The number of benzene rings is 1. The van der Waals surface area contributed by atoms with Crippen LogP contribution >= 0.6 is 0 Å². The second-order valence-electron chi connectivity index (χ2n) is 9.38. The Hall–Kier alpha value is -3.20. The Morgan fingerprint density at radius 3 is 2.94 bits per heavy atom. The van der Waals surface area contributed by atoms with Gasteiger partial charge in [0.15, 0.2) is 0 Å². The van der Waals surface area contributed by atoms with Gasteiger partial charge >= 0.3 is 0 Å². The normalized spacial score (nSPS) is 24.9. The summed E-state index contributed by atoms with van der Waals surface area (Å²) in [4.78, 5) is 13.1. The molecule has 3 aromatic heterocycles. The largest absolute Gasteiger partial charge is 0.472 e. The lowest BCUT2D eigenvalue weighted by Crippen LogP contribution is -2.46. The summed E-state index contributed by atoms with van der Waals surface area (Å²) in [6.45, 7) is 5.17. The van der Waals surface area contributed by atoms with Crippen molar-refractivity contribution in [3.05, 3.63) is 66.6 Å². The van der Waals surface area contributed by atoms with Crippen LogP contribution in [0, 0.1) is 5.92 Å². The van der Waals surface area contributed by atoms with Gasteiger partial charge in [0.1, 0.15) is 5.82 Å². The predicted molar refractivity (Wildman–Crippen MR) is 128 cm³/mol. The fraction of sp³-hybridized carbons (Fsp3) is 0.360. The molecule has 2 aliphatic heterocycles. The van der Waals surface area contributed by atoms with Crippen molar-refractivity contribution >= 4 is 16.7 Å². The van der Waals surface area contributed by atoms with Crippen molar-refractivity contribution in [3.63, 3.8) is 0 Å². The maximum Gasteiger partial charge on any atom is 0.126 e. The smallest absolute Gasteiger partial charge is 0.126 e. The number of aromatic nitrogens is 3. The Kier molecular flexibility index (Phi) is 5.13. The number of nitrogens with one attached hydrogen (secondary N) is 5. The highest BCUT2D eigenvalue weighted by atomic mass is 16.3. The van der Waals surface area contributed by atoms with Gasteiger partial charge in [-0.15, -0.1) is 0 Å². The Balaban J connectivity index is 1.28. The highest BCUT2D eigenvalue weighted by molar-refractivity contribution is 5.91. The molecule has 0 spiro atoms. The first kappa shape index (κ1) is 20.4. The molecule has 0 aliphatic carbocycles. The van der Waals surface area contributed by atoms with Gasteiger partial charge in [0.25, 0.3) is 0 Å². The Morgan fingerprint density at radius 2 is 2.09 bits per heavy atom. The van der Waals surface area contributed by atoms with Crippen molar-refractivity contribution in [2.45, 2.75) is 44.4 Å². The van der Waals surface area contributed by atoms with Crippen LogP contribution in [0.2, 0.25) is 0 Å². The minimum absolute atomic E-state index is 0.106. The van der Waals surface area contributed by atoms with E-state index in [-0.39, 0.29) is 12.1 Å².